The number of rotatable bonds is 5. The Morgan fingerprint density at radius 1 is 1.32 bits per heavy atom. The molecule has 1 aromatic heterocycles. The zero-order valence-electron chi connectivity index (χ0n) is 10.5. The molecule has 19 heavy (non-hydrogen) atoms. The summed E-state index contributed by atoms with van der Waals surface area (Å²) >= 11 is 0. The number of aliphatic hydroxyl groups excluding tert-OH is 1. The van der Waals surface area contributed by atoms with Gasteiger partial charge in [0.05, 0.1) is 6.61 Å². The summed E-state index contributed by atoms with van der Waals surface area (Å²) in [4.78, 5) is 11.7. The maximum Gasteiger partial charge on any atom is 0.290 e. The lowest BCUT2D eigenvalue weighted by atomic mass is 10.3. The maximum atomic E-state index is 11.7. The number of ether oxygens (including phenoxy) is 1. The highest BCUT2D eigenvalue weighted by Gasteiger charge is 2.14. The molecule has 0 radical (unpaired) electrons. The number of furan rings is 1. The van der Waals surface area contributed by atoms with E-state index in [1.807, 2.05) is 18.2 Å². The highest BCUT2D eigenvalue weighted by atomic mass is 16.6. The molecule has 0 spiro atoms. The Bertz CT molecular complexity index is 535. The molecule has 1 aromatic carbocycles. The van der Waals surface area contributed by atoms with Crippen molar-refractivity contribution in [1.82, 2.24) is 5.32 Å². The van der Waals surface area contributed by atoms with E-state index in [1.54, 1.807) is 25.1 Å². The van der Waals surface area contributed by atoms with E-state index in [0.29, 0.717) is 5.75 Å². The molecule has 1 heterocycles. The van der Waals surface area contributed by atoms with Gasteiger partial charge in [-0.1, -0.05) is 18.2 Å². The van der Waals surface area contributed by atoms with Crippen LogP contribution in [0.1, 0.15) is 17.5 Å². The summed E-state index contributed by atoms with van der Waals surface area (Å²) in [5.41, 5.74) is 0. The zero-order valence-corrected chi connectivity index (χ0v) is 10.5. The lowest BCUT2D eigenvalue weighted by molar-refractivity contribution is 0.0889. The fourth-order valence-corrected chi connectivity index (χ4v) is 1.44. The van der Waals surface area contributed by atoms with Crippen LogP contribution in [0.3, 0.4) is 0 Å². The molecule has 5 heteroatoms. The summed E-state index contributed by atoms with van der Waals surface area (Å²) in [6.45, 7) is 1.57. The van der Waals surface area contributed by atoms with Crippen LogP contribution in [0, 0.1) is 0 Å². The normalized spacial score (nSPS) is 11.9. The van der Waals surface area contributed by atoms with Crippen molar-refractivity contribution in [3.05, 3.63) is 48.2 Å². The van der Waals surface area contributed by atoms with E-state index >= 15 is 0 Å². The average Bonchev–Trinajstić information content (AvgIpc) is 2.88. The van der Waals surface area contributed by atoms with Crippen molar-refractivity contribution in [2.24, 2.45) is 0 Å². The molecule has 1 atom stereocenters. The van der Waals surface area contributed by atoms with Gasteiger partial charge in [-0.2, -0.15) is 0 Å². The van der Waals surface area contributed by atoms with Gasteiger partial charge in [0.25, 0.3) is 11.9 Å². The molecule has 1 unspecified atom stereocenters. The minimum Gasteiger partial charge on any atom is -0.426 e. The highest BCUT2D eigenvalue weighted by molar-refractivity contribution is 5.91. The zero-order chi connectivity index (χ0) is 13.7. The van der Waals surface area contributed by atoms with Gasteiger partial charge < -0.3 is 19.6 Å². The minimum absolute atomic E-state index is 0.125. The summed E-state index contributed by atoms with van der Waals surface area (Å²) < 4.78 is 10.7. The van der Waals surface area contributed by atoms with Gasteiger partial charge in [-0.15, -0.1) is 0 Å². The first-order chi connectivity index (χ1) is 9.19. The number of nitrogens with one attached hydrogen (secondary N) is 1. The van der Waals surface area contributed by atoms with Crippen LogP contribution in [0.2, 0.25) is 0 Å². The Kier molecular flexibility index (Phi) is 4.20. The molecule has 2 aromatic rings. The molecule has 1 amide bonds. The molecule has 2 N–H and O–H groups in total. The Morgan fingerprint density at radius 3 is 2.74 bits per heavy atom. The van der Waals surface area contributed by atoms with Crippen molar-refractivity contribution in [2.75, 3.05) is 6.61 Å². The first-order valence-corrected chi connectivity index (χ1v) is 5.93. The number of benzene rings is 1. The fraction of sp³-hybridized carbons (Fsp3) is 0.214. The first-order valence-electron chi connectivity index (χ1n) is 5.93. The predicted molar refractivity (Wildman–Crippen MR) is 69.2 cm³/mol. The number of carbonyl (C=O) groups excluding carboxylic acids is 1. The number of aliphatic hydroxyl groups is 1. The summed E-state index contributed by atoms with van der Waals surface area (Å²) in [5, 5.41) is 11.4. The van der Waals surface area contributed by atoms with Crippen LogP contribution in [-0.2, 0) is 0 Å². The average molecular weight is 261 g/mol. The Labute approximate surface area is 110 Å². The molecule has 0 saturated carbocycles. The number of hydrogen-bond donors (Lipinski definition) is 2. The Balaban J connectivity index is 2.01. The predicted octanol–water partition coefficient (Wildman–Crippen LogP) is 2.18. The van der Waals surface area contributed by atoms with Crippen LogP contribution >= 0.6 is 0 Å². The van der Waals surface area contributed by atoms with E-state index in [9.17, 15) is 4.79 Å². The monoisotopic (exact) mass is 261 g/mol. The number of hydrogen-bond acceptors (Lipinski definition) is 4. The first kappa shape index (κ1) is 13.2. The maximum absolute atomic E-state index is 11.7. The van der Waals surface area contributed by atoms with E-state index in [-0.39, 0.29) is 30.3 Å². The second-order valence-electron chi connectivity index (χ2n) is 4.09. The van der Waals surface area contributed by atoms with E-state index in [2.05, 4.69) is 5.32 Å². The summed E-state index contributed by atoms with van der Waals surface area (Å²) in [7, 11) is 0. The molecule has 0 aliphatic rings. The largest absolute Gasteiger partial charge is 0.426 e. The van der Waals surface area contributed by atoms with Crippen LogP contribution in [0.4, 0.5) is 0 Å². The van der Waals surface area contributed by atoms with Gasteiger partial charge in [0.1, 0.15) is 5.75 Å². The van der Waals surface area contributed by atoms with E-state index < -0.39 is 0 Å². The molecule has 0 aliphatic heterocycles. The molecule has 5 nitrogen and oxygen atoms in total. The van der Waals surface area contributed by atoms with Gasteiger partial charge in [0.15, 0.2) is 5.76 Å². The standard InChI is InChI=1S/C14H15NO4/c1-10(9-16)15-14(17)12-7-8-13(19-12)18-11-5-3-2-4-6-11/h2-8,10,16H,9H2,1H3,(H,15,17). The van der Waals surface area contributed by atoms with Crippen molar-refractivity contribution in [3.63, 3.8) is 0 Å². The highest BCUT2D eigenvalue weighted by Crippen LogP contribution is 2.23. The van der Waals surface area contributed by atoms with Gasteiger partial charge in [-0.05, 0) is 25.1 Å². The van der Waals surface area contributed by atoms with Crippen molar-refractivity contribution < 1.29 is 19.1 Å². The summed E-state index contributed by atoms with van der Waals surface area (Å²) in [6, 6.07) is 11.9. The van der Waals surface area contributed by atoms with Gasteiger partial charge >= 0.3 is 0 Å². The molecule has 100 valence electrons. The second kappa shape index (κ2) is 6.06. The van der Waals surface area contributed by atoms with Gasteiger partial charge in [0.2, 0.25) is 0 Å². The molecular weight excluding hydrogens is 246 g/mol. The molecule has 2 rings (SSSR count). The lowest BCUT2D eigenvalue weighted by Gasteiger charge is -2.08. The van der Waals surface area contributed by atoms with Crippen molar-refractivity contribution in [2.45, 2.75) is 13.0 Å². The van der Waals surface area contributed by atoms with Crippen LogP contribution in [0.5, 0.6) is 11.7 Å². The molecule has 0 bridgehead atoms. The quantitative estimate of drug-likeness (QED) is 0.865. The molecule has 0 fully saturated rings. The fourth-order valence-electron chi connectivity index (χ4n) is 1.44. The third-order valence-corrected chi connectivity index (χ3v) is 2.42. The van der Waals surface area contributed by atoms with E-state index in [1.165, 1.54) is 6.07 Å². The number of carbonyl (C=O) groups is 1. The SMILES string of the molecule is CC(CO)NC(=O)c1ccc(Oc2ccccc2)o1. The van der Waals surface area contributed by atoms with Crippen LogP contribution in [-0.4, -0.2) is 23.7 Å². The topological polar surface area (TPSA) is 71.7 Å². The van der Waals surface area contributed by atoms with Crippen molar-refractivity contribution in [1.29, 1.82) is 0 Å². The third kappa shape index (κ3) is 3.59. The number of amides is 1. The summed E-state index contributed by atoms with van der Waals surface area (Å²) in [6.07, 6.45) is 0. The van der Waals surface area contributed by atoms with Gasteiger partial charge in [-0.3, -0.25) is 4.79 Å². The van der Waals surface area contributed by atoms with Crippen LogP contribution in [0.15, 0.2) is 46.9 Å². The van der Waals surface area contributed by atoms with Crippen LogP contribution < -0.4 is 10.1 Å². The molecule has 0 aliphatic carbocycles. The van der Waals surface area contributed by atoms with Crippen molar-refractivity contribution >= 4 is 5.91 Å². The summed E-state index contributed by atoms with van der Waals surface area (Å²) in [5.74, 6) is 0.635. The second-order valence-corrected chi connectivity index (χ2v) is 4.09. The smallest absolute Gasteiger partial charge is 0.290 e. The lowest BCUT2D eigenvalue weighted by Crippen LogP contribution is -2.34. The Hall–Kier alpha value is -2.27. The molecular formula is C14H15NO4. The van der Waals surface area contributed by atoms with Gasteiger partial charge in [0, 0.05) is 12.1 Å². The number of para-hydroxylation sites is 1. The van der Waals surface area contributed by atoms with Gasteiger partial charge in [-0.25, -0.2) is 0 Å². The van der Waals surface area contributed by atoms with Crippen molar-refractivity contribution in [3.8, 4) is 11.7 Å². The Morgan fingerprint density at radius 2 is 2.05 bits per heavy atom. The van der Waals surface area contributed by atoms with E-state index in [4.69, 9.17) is 14.3 Å². The van der Waals surface area contributed by atoms with Crippen LogP contribution in [0.25, 0.3) is 0 Å². The molecule has 0 saturated heterocycles. The van der Waals surface area contributed by atoms with E-state index in [0.717, 1.165) is 0 Å². The third-order valence-electron chi connectivity index (χ3n) is 2.42. The minimum atomic E-state index is -0.385.